The number of hydrogen-bond donors (Lipinski definition) is 1. The van der Waals surface area contributed by atoms with Gasteiger partial charge in [-0.05, 0) is 44.0 Å². The van der Waals surface area contributed by atoms with Crippen LogP contribution >= 0.6 is 0 Å². The lowest BCUT2D eigenvalue weighted by Crippen LogP contribution is -2.43. The van der Waals surface area contributed by atoms with Crippen molar-refractivity contribution in [1.82, 2.24) is 4.90 Å². The van der Waals surface area contributed by atoms with Gasteiger partial charge in [-0.25, -0.2) is 0 Å². The normalized spacial score (nSPS) is 21.6. The van der Waals surface area contributed by atoms with Crippen LogP contribution in [-0.4, -0.2) is 44.4 Å². The molecule has 1 aliphatic heterocycles. The predicted octanol–water partition coefficient (Wildman–Crippen LogP) is 2.20. The molecule has 1 saturated heterocycles. The van der Waals surface area contributed by atoms with Crippen LogP contribution < -0.4 is 10.5 Å². The third-order valence-electron chi connectivity index (χ3n) is 3.98. The van der Waals surface area contributed by atoms with Crippen molar-refractivity contribution in [2.75, 3.05) is 33.4 Å². The highest BCUT2D eigenvalue weighted by molar-refractivity contribution is 5.29. The van der Waals surface area contributed by atoms with Crippen molar-refractivity contribution < 1.29 is 9.47 Å². The molecular weight excluding hydrogens is 252 g/mol. The maximum atomic E-state index is 6.01. The fourth-order valence-electron chi connectivity index (χ4n) is 2.89. The van der Waals surface area contributed by atoms with E-state index in [-0.39, 0.29) is 6.04 Å². The summed E-state index contributed by atoms with van der Waals surface area (Å²) in [7, 11) is 1.79. The molecule has 20 heavy (non-hydrogen) atoms. The van der Waals surface area contributed by atoms with Gasteiger partial charge in [0.1, 0.15) is 5.75 Å². The van der Waals surface area contributed by atoms with Gasteiger partial charge in [0.25, 0.3) is 0 Å². The second-order valence-corrected chi connectivity index (χ2v) is 5.25. The van der Waals surface area contributed by atoms with Crippen molar-refractivity contribution in [3.8, 4) is 5.75 Å². The number of hydrogen-bond acceptors (Lipinski definition) is 4. The van der Waals surface area contributed by atoms with Gasteiger partial charge >= 0.3 is 0 Å². The summed E-state index contributed by atoms with van der Waals surface area (Å²) in [6.07, 6.45) is 2.65. The molecule has 1 aromatic rings. The summed E-state index contributed by atoms with van der Waals surface area (Å²) in [5.41, 5.74) is 7.26. The summed E-state index contributed by atoms with van der Waals surface area (Å²) in [4.78, 5) is 2.44. The van der Waals surface area contributed by atoms with Crippen molar-refractivity contribution in [3.05, 3.63) is 29.8 Å². The summed E-state index contributed by atoms with van der Waals surface area (Å²) in [5, 5.41) is 0. The molecule has 1 fully saturated rings. The quantitative estimate of drug-likeness (QED) is 0.866. The van der Waals surface area contributed by atoms with Crippen molar-refractivity contribution in [2.45, 2.75) is 31.9 Å². The molecule has 0 amide bonds. The second kappa shape index (κ2) is 7.62. The number of likely N-dealkylation sites (tertiary alicyclic amines) is 1. The van der Waals surface area contributed by atoms with Crippen molar-refractivity contribution in [1.29, 1.82) is 0 Å². The van der Waals surface area contributed by atoms with Crippen LogP contribution in [0.25, 0.3) is 0 Å². The number of ether oxygens (including phenoxy) is 2. The number of piperidine rings is 1. The van der Waals surface area contributed by atoms with Gasteiger partial charge in [-0.3, -0.25) is 4.90 Å². The highest BCUT2D eigenvalue weighted by atomic mass is 16.5. The molecule has 0 aliphatic carbocycles. The summed E-state index contributed by atoms with van der Waals surface area (Å²) in [6.45, 7) is 5.38. The largest absolute Gasteiger partial charge is 0.494 e. The molecule has 4 heteroatoms. The van der Waals surface area contributed by atoms with Crippen molar-refractivity contribution in [3.63, 3.8) is 0 Å². The van der Waals surface area contributed by atoms with E-state index in [0.29, 0.717) is 19.3 Å². The van der Waals surface area contributed by atoms with Gasteiger partial charge in [-0.2, -0.15) is 0 Å². The Hall–Kier alpha value is -1.10. The molecule has 0 saturated carbocycles. The van der Waals surface area contributed by atoms with Gasteiger partial charge in [0.05, 0.1) is 12.7 Å². The van der Waals surface area contributed by atoms with Gasteiger partial charge in [0.15, 0.2) is 0 Å². The molecule has 0 aromatic heterocycles. The predicted molar refractivity (Wildman–Crippen MR) is 81.0 cm³/mol. The van der Waals surface area contributed by atoms with Gasteiger partial charge in [-0.15, -0.1) is 0 Å². The van der Waals surface area contributed by atoms with Crippen LogP contribution in [0.5, 0.6) is 5.75 Å². The molecule has 0 spiro atoms. The van der Waals surface area contributed by atoms with E-state index >= 15 is 0 Å². The second-order valence-electron chi connectivity index (χ2n) is 5.25. The Kier molecular flexibility index (Phi) is 5.83. The Balaban J connectivity index is 2.06. The number of rotatable bonds is 6. The van der Waals surface area contributed by atoms with Gasteiger partial charge < -0.3 is 15.2 Å². The van der Waals surface area contributed by atoms with E-state index in [0.717, 1.165) is 25.3 Å². The third-order valence-corrected chi connectivity index (χ3v) is 3.98. The first-order valence-electron chi connectivity index (χ1n) is 7.48. The first kappa shape index (κ1) is 15.3. The third kappa shape index (κ3) is 3.72. The molecule has 2 N–H and O–H groups in total. The first-order valence-corrected chi connectivity index (χ1v) is 7.48. The fourth-order valence-corrected chi connectivity index (χ4v) is 2.89. The lowest BCUT2D eigenvalue weighted by Gasteiger charge is -2.37. The van der Waals surface area contributed by atoms with Crippen LogP contribution in [0.1, 0.15) is 31.4 Å². The topological polar surface area (TPSA) is 47.7 Å². The van der Waals surface area contributed by atoms with Crippen molar-refractivity contribution in [2.24, 2.45) is 5.73 Å². The minimum Gasteiger partial charge on any atom is -0.494 e. The van der Waals surface area contributed by atoms with Crippen molar-refractivity contribution >= 4 is 0 Å². The molecule has 112 valence electrons. The number of nitrogens with two attached hydrogens (primary N) is 1. The van der Waals surface area contributed by atoms with E-state index < -0.39 is 0 Å². The van der Waals surface area contributed by atoms with Crippen LogP contribution in [0, 0.1) is 0 Å². The Labute approximate surface area is 121 Å². The smallest absolute Gasteiger partial charge is 0.119 e. The molecule has 0 bridgehead atoms. The molecule has 2 atom stereocenters. The van der Waals surface area contributed by atoms with Gasteiger partial charge in [0.2, 0.25) is 0 Å². The van der Waals surface area contributed by atoms with Gasteiger partial charge in [0, 0.05) is 26.2 Å². The minimum absolute atomic E-state index is 0.267. The van der Waals surface area contributed by atoms with E-state index in [1.54, 1.807) is 7.11 Å². The first-order chi connectivity index (χ1) is 9.78. The fraction of sp³-hybridized carbons (Fsp3) is 0.625. The highest BCUT2D eigenvalue weighted by Crippen LogP contribution is 2.26. The number of benzene rings is 1. The lowest BCUT2D eigenvalue weighted by atomic mass is 10.0. The molecule has 1 aliphatic rings. The zero-order chi connectivity index (χ0) is 14.4. The Morgan fingerprint density at radius 3 is 2.70 bits per heavy atom. The Morgan fingerprint density at radius 2 is 2.10 bits per heavy atom. The van der Waals surface area contributed by atoms with Crippen LogP contribution in [-0.2, 0) is 4.74 Å². The lowest BCUT2D eigenvalue weighted by molar-refractivity contribution is 0.0155. The number of methoxy groups -OCH3 is 1. The Bertz CT molecular complexity index is 394. The molecule has 1 aromatic carbocycles. The van der Waals surface area contributed by atoms with E-state index in [4.69, 9.17) is 15.2 Å². The average molecular weight is 278 g/mol. The monoisotopic (exact) mass is 278 g/mol. The maximum Gasteiger partial charge on any atom is 0.119 e. The highest BCUT2D eigenvalue weighted by Gasteiger charge is 2.25. The van der Waals surface area contributed by atoms with Crippen LogP contribution in [0.2, 0.25) is 0 Å². The molecule has 1 heterocycles. The maximum absolute atomic E-state index is 6.01. The standard InChI is InChI=1S/C16H26N2O2/c1-3-20-14-8-6-13(7-9-14)16(11-17)18-10-4-5-15(12-18)19-2/h6-9,15-16H,3-5,10-12,17H2,1-2H3. The van der Waals surface area contributed by atoms with E-state index in [1.165, 1.54) is 12.0 Å². The van der Waals surface area contributed by atoms with Gasteiger partial charge in [-0.1, -0.05) is 12.1 Å². The summed E-state index contributed by atoms with van der Waals surface area (Å²) in [6, 6.07) is 8.57. The Morgan fingerprint density at radius 1 is 1.35 bits per heavy atom. The minimum atomic E-state index is 0.267. The molecule has 2 rings (SSSR count). The molecular formula is C16H26N2O2. The molecule has 0 radical (unpaired) electrons. The van der Waals surface area contributed by atoms with Crippen LogP contribution in [0.15, 0.2) is 24.3 Å². The van der Waals surface area contributed by atoms with Crippen LogP contribution in [0.3, 0.4) is 0 Å². The molecule has 2 unspecified atom stereocenters. The zero-order valence-corrected chi connectivity index (χ0v) is 12.5. The van der Waals surface area contributed by atoms with E-state index in [2.05, 4.69) is 17.0 Å². The van der Waals surface area contributed by atoms with Crippen LogP contribution in [0.4, 0.5) is 0 Å². The average Bonchev–Trinajstić information content (AvgIpc) is 2.50. The summed E-state index contributed by atoms with van der Waals surface area (Å²) in [5.74, 6) is 0.917. The summed E-state index contributed by atoms with van der Waals surface area (Å²) >= 11 is 0. The van der Waals surface area contributed by atoms with E-state index in [9.17, 15) is 0 Å². The molecule has 4 nitrogen and oxygen atoms in total. The number of nitrogens with zero attached hydrogens (tertiary/aromatic N) is 1. The zero-order valence-electron chi connectivity index (χ0n) is 12.5. The SMILES string of the molecule is CCOc1ccc(C(CN)N2CCCC(OC)C2)cc1. The summed E-state index contributed by atoms with van der Waals surface area (Å²) < 4.78 is 11.0. The van der Waals surface area contributed by atoms with E-state index in [1.807, 2.05) is 19.1 Å².